The summed E-state index contributed by atoms with van der Waals surface area (Å²) in [4.78, 5) is 24.9. The molecule has 1 saturated heterocycles. The highest BCUT2D eigenvalue weighted by Crippen LogP contribution is 2.31. The van der Waals surface area contributed by atoms with Crippen LogP contribution >= 0.6 is 27.7 Å². The van der Waals surface area contributed by atoms with Gasteiger partial charge in [-0.2, -0.15) is 0 Å². The fourth-order valence-corrected chi connectivity index (χ4v) is 3.70. The molecule has 2 heterocycles. The van der Waals surface area contributed by atoms with Crippen molar-refractivity contribution in [3.63, 3.8) is 0 Å². The van der Waals surface area contributed by atoms with Gasteiger partial charge in [0.05, 0.1) is 5.37 Å². The SMILES string of the molecule is CCC1SCC(C(=O)O)N1C(=O)C=Cc1ccc(Br)o1. The van der Waals surface area contributed by atoms with Crippen LogP contribution in [-0.2, 0) is 9.59 Å². The summed E-state index contributed by atoms with van der Waals surface area (Å²) in [5.41, 5.74) is 0. The molecule has 1 aliphatic rings. The highest BCUT2D eigenvalue weighted by molar-refractivity contribution is 9.10. The van der Waals surface area contributed by atoms with Crippen molar-refractivity contribution >= 4 is 45.6 Å². The summed E-state index contributed by atoms with van der Waals surface area (Å²) in [6.45, 7) is 1.94. The van der Waals surface area contributed by atoms with Gasteiger partial charge in [0.2, 0.25) is 5.91 Å². The Balaban J connectivity index is 2.13. The zero-order valence-electron chi connectivity index (χ0n) is 10.8. The Hall–Kier alpha value is -1.21. The van der Waals surface area contributed by atoms with Crippen LogP contribution in [0.15, 0.2) is 27.3 Å². The lowest BCUT2D eigenvalue weighted by Gasteiger charge is -2.25. The molecule has 1 amide bonds. The number of nitrogens with zero attached hydrogens (tertiary/aromatic N) is 1. The van der Waals surface area contributed by atoms with Crippen molar-refractivity contribution in [1.29, 1.82) is 0 Å². The van der Waals surface area contributed by atoms with Gasteiger partial charge < -0.3 is 14.4 Å². The van der Waals surface area contributed by atoms with Crippen LogP contribution < -0.4 is 0 Å². The minimum absolute atomic E-state index is 0.0865. The van der Waals surface area contributed by atoms with Crippen LogP contribution in [0, 0.1) is 0 Å². The molecule has 2 unspecified atom stereocenters. The summed E-state index contributed by atoms with van der Waals surface area (Å²) >= 11 is 4.68. The van der Waals surface area contributed by atoms with Crippen molar-refractivity contribution in [3.8, 4) is 0 Å². The molecule has 20 heavy (non-hydrogen) atoms. The fourth-order valence-electron chi connectivity index (χ4n) is 2.02. The van der Waals surface area contributed by atoms with E-state index >= 15 is 0 Å². The molecule has 1 N–H and O–H groups in total. The molecule has 0 radical (unpaired) electrons. The van der Waals surface area contributed by atoms with Gasteiger partial charge >= 0.3 is 5.97 Å². The summed E-state index contributed by atoms with van der Waals surface area (Å²) in [5.74, 6) is -0.297. The van der Waals surface area contributed by atoms with Gasteiger partial charge in [0.25, 0.3) is 0 Å². The Bertz CT molecular complexity index is 542. The number of carbonyl (C=O) groups excluding carboxylic acids is 1. The first-order valence-electron chi connectivity index (χ1n) is 6.13. The third-order valence-electron chi connectivity index (χ3n) is 2.97. The predicted octanol–water partition coefficient (Wildman–Crippen LogP) is 2.82. The molecule has 0 aliphatic carbocycles. The summed E-state index contributed by atoms with van der Waals surface area (Å²) in [5, 5.41) is 9.09. The summed E-state index contributed by atoms with van der Waals surface area (Å²) in [6, 6.07) is 2.69. The van der Waals surface area contributed by atoms with Crippen LogP contribution in [-0.4, -0.2) is 39.1 Å². The normalized spacial score (nSPS) is 22.6. The number of thioether (sulfide) groups is 1. The van der Waals surface area contributed by atoms with Gasteiger partial charge in [-0.05, 0) is 40.6 Å². The number of carboxylic acids is 1. The van der Waals surface area contributed by atoms with Crippen molar-refractivity contribution in [3.05, 3.63) is 28.6 Å². The fraction of sp³-hybridized carbons (Fsp3) is 0.385. The standard InChI is InChI=1S/C13H14BrNO4S/c1-2-12-15(9(7-20-12)13(17)18)11(16)6-4-8-3-5-10(14)19-8/h3-6,9,12H,2,7H2,1H3,(H,17,18). The van der Waals surface area contributed by atoms with Gasteiger partial charge in [-0.3, -0.25) is 4.79 Å². The predicted molar refractivity (Wildman–Crippen MR) is 80.2 cm³/mol. The monoisotopic (exact) mass is 359 g/mol. The van der Waals surface area contributed by atoms with Crippen LogP contribution in [0.1, 0.15) is 19.1 Å². The van der Waals surface area contributed by atoms with Gasteiger partial charge in [-0.1, -0.05) is 6.92 Å². The molecule has 5 nitrogen and oxygen atoms in total. The van der Waals surface area contributed by atoms with E-state index in [1.807, 2.05) is 6.92 Å². The van der Waals surface area contributed by atoms with E-state index in [0.717, 1.165) is 6.42 Å². The molecule has 2 rings (SSSR count). The summed E-state index contributed by atoms with van der Waals surface area (Å²) < 4.78 is 5.84. The third-order valence-corrected chi connectivity index (χ3v) is 4.85. The first kappa shape index (κ1) is 15.2. The Morgan fingerprint density at radius 2 is 2.35 bits per heavy atom. The maximum atomic E-state index is 12.2. The molecule has 0 bridgehead atoms. The van der Waals surface area contributed by atoms with Crippen LogP contribution in [0.25, 0.3) is 6.08 Å². The molecular formula is C13H14BrNO4S. The number of rotatable bonds is 4. The Labute approximate surface area is 129 Å². The van der Waals surface area contributed by atoms with E-state index in [2.05, 4.69) is 15.9 Å². The van der Waals surface area contributed by atoms with Crippen LogP contribution in [0.4, 0.5) is 0 Å². The highest BCUT2D eigenvalue weighted by atomic mass is 79.9. The third kappa shape index (κ3) is 3.27. The second-order valence-corrected chi connectivity index (χ2v) is 6.26. The minimum atomic E-state index is -0.962. The Morgan fingerprint density at radius 1 is 1.60 bits per heavy atom. The topological polar surface area (TPSA) is 70.8 Å². The van der Waals surface area contributed by atoms with Gasteiger partial charge in [0.15, 0.2) is 4.67 Å². The van der Waals surface area contributed by atoms with Gasteiger partial charge in [0, 0.05) is 11.8 Å². The number of hydrogen-bond donors (Lipinski definition) is 1. The number of hydrogen-bond acceptors (Lipinski definition) is 4. The quantitative estimate of drug-likeness (QED) is 0.837. The Morgan fingerprint density at radius 3 is 2.90 bits per heavy atom. The molecule has 0 aromatic carbocycles. The van der Waals surface area contributed by atoms with E-state index in [9.17, 15) is 14.7 Å². The molecule has 2 atom stereocenters. The van der Waals surface area contributed by atoms with Crippen LogP contribution in [0.3, 0.4) is 0 Å². The van der Waals surface area contributed by atoms with E-state index < -0.39 is 12.0 Å². The van der Waals surface area contributed by atoms with E-state index in [1.54, 1.807) is 18.2 Å². The van der Waals surface area contributed by atoms with E-state index in [1.165, 1.54) is 22.7 Å². The molecule has 7 heteroatoms. The number of aliphatic carboxylic acids is 1. The molecular weight excluding hydrogens is 346 g/mol. The van der Waals surface area contributed by atoms with E-state index in [-0.39, 0.29) is 11.3 Å². The average molecular weight is 360 g/mol. The lowest BCUT2D eigenvalue weighted by molar-refractivity contribution is -0.147. The van der Waals surface area contributed by atoms with E-state index in [0.29, 0.717) is 16.2 Å². The molecule has 1 aromatic rings. The van der Waals surface area contributed by atoms with Crippen molar-refractivity contribution in [2.45, 2.75) is 24.8 Å². The molecule has 1 aromatic heterocycles. The number of amides is 1. The number of halogens is 1. The first-order chi connectivity index (χ1) is 9.52. The van der Waals surface area contributed by atoms with E-state index in [4.69, 9.17) is 4.42 Å². The average Bonchev–Trinajstić information content (AvgIpc) is 3.01. The van der Waals surface area contributed by atoms with Gasteiger partial charge in [-0.15, -0.1) is 11.8 Å². The van der Waals surface area contributed by atoms with Gasteiger partial charge in [-0.25, -0.2) is 4.79 Å². The number of furan rings is 1. The maximum Gasteiger partial charge on any atom is 0.327 e. The lowest BCUT2D eigenvalue weighted by Crippen LogP contribution is -2.44. The minimum Gasteiger partial charge on any atom is -0.480 e. The maximum absolute atomic E-state index is 12.2. The summed E-state index contributed by atoms with van der Waals surface area (Å²) in [6.07, 6.45) is 3.62. The second kappa shape index (κ2) is 6.49. The summed E-state index contributed by atoms with van der Waals surface area (Å²) in [7, 11) is 0. The lowest BCUT2D eigenvalue weighted by atomic mass is 10.2. The molecule has 1 fully saturated rings. The first-order valence-corrected chi connectivity index (χ1v) is 7.97. The zero-order valence-corrected chi connectivity index (χ0v) is 13.2. The van der Waals surface area contributed by atoms with Crippen LogP contribution in [0.5, 0.6) is 0 Å². The van der Waals surface area contributed by atoms with Crippen molar-refractivity contribution in [2.75, 3.05) is 5.75 Å². The highest BCUT2D eigenvalue weighted by Gasteiger charge is 2.39. The second-order valence-electron chi connectivity index (χ2n) is 4.27. The molecule has 0 saturated carbocycles. The largest absolute Gasteiger partial charge is 0.480 e. The Kier molecular flexibility index (Phi) is 4.93. The smallest absolute Gasteiger partial charge is 0.327 e. The number of carbonyl (C=O) groups is 2. The molecule has 108 valence electrons. The van der Waals surface area contributed by atoms with Crippen molar-refractivity contribution in [1.82, 2.24) is 4.90 Å². The van der Waals surface area contributed by atoms with Gasteiger partial charge in [0.1, 0.15) is 11.8 Å². The van der Waals surface area contributed by atoms with Crippen molar-refractivity contribution in [2.24, 2.45) is 0 Å². The van der Waals surface area contributed by atoms with Crippen LogP contribution in [0.2, 0.25) is 0 Å². The molecule has 1 aliphatic heterocycles. The molecule has 0 spiro atoms. The van der Waals surface area contributed by atoms with Crippen molar-refractivity contribution < 1.29 is 19.1 Å². The zero-order chi connectivity index (χ0) is 14.7. The number of carboxylic acid groups (broad SMARTS) is 1.